The molecule has 2 rings (SSSR count). The number of aryl methyl sites for hydroxylation is 1. The van der Waals surface area contributed by atoms with E-state index in [2.05, 4.69) is 9.97 Å². The van der Waals surface area contributed by atoms with E-state index in [9.17, 15) is 4.79 Å². The molecule has 5 nitrogen and oxygen atoms in total. The molecule has 0 aliphatic rings. The van der Waals surface area contributed by atoms with Gasteiger partial charge in [0.1, 0.15) is 11.4 Å². The van der Waals surface area contributed by atoms with Crippen LogP contribution in [0.15, 0.2) is 24.7 Å². The van der Waals surface area contributed by atoms with Crippen LogP contribution in [0.3, 0.4) is 0 Å². The Morgan fingerprint density at radius 1 is 1.38 bits per heavy atom. The van der Waals surface area contributed by atoms with Crippen molar-refractivity contribution in [1.82, 2.24) is 14.5 Å². The third-order valence-electron chi connectivity index (χ3n) is 2.29. The van der Waals surface area contributed by atoms with E-state index in [4.69, 9.17) is 4.74 Å². The number of hydrogen-bond acceptors (Lipinski definition) is 4. The van der Waals surface area contributed by atoms with Gasteiger partial charge in [0.2, 0.25) is 0 Å². The Bertz CT molecular complexity index is 502. The van der Waals surface area contributed by atoms with Crippen molar-refractivity contribution in [3.05, 3.63) is 30.4 Å². The summed E-state index contributed by atoms with van der Waals surface area (Å²) in [5.41, 5.74) is 1.79. The fraction of sp³-hybridized carbons (Fsp3) is 0.182. The molecule has 0 bridgehead atoms. The molecule has 0 saturated heterocycles. The fourth-order valence-corrected chi connectivity index (χ4v) is 1.49. The van der Waals surface area contributed by atoms with Crippen molar-refractivity contribution in [2.24, 2.45) is 7.05 Å². The van der Waals surface area contributed by atoms with Gasteiger partial charge in [-0.1, -0.05) is 0 Å². The molecule has 5 heteroatoms. The van der Waals surface area contributed by atoms with E-state index in [1.54, 1.807) is 36.3 Å². The molecular weight excluding hydrogens is 206 g/mol. The minimum atomic E-state index is 0.389. The van der Waals surface area contributed by atoms with Gasteiger partial charge in [0.05, 0.1) is 31.0 Å². The van der Waals surface area contributed by atoms with Crippen LogP contribution < -0.4 is 4.74 Å². The molecule has 0 atom stereocenters. The lowest BCUT2D eigenvalue weighted by atomic mass is 10.2. The summed E-state index contributed by atoms with van der Waals surface area (Å²) in [5, 5.41) is 0. The lowest BCUT2D eigenvalue weighted by Crippen LogP contribution is -1.95. The topological polar surface area (TPSA) is 57.0 Å². The second-order valence-electron chi connectivity index (χ2n) is 3.29. The standard InChI is InChI=1S/C11H11N3O2/c1-14-7-13-10(6-15)11(14)9-4-3-8(16-2)5-12-9/h3-7H,1-2H3. The Hall–Kier alpha value is -2.17. The predicted molar refractivity (Wildman–Crippen MR) is 58.4 cm³/mol. The van der Waals surface area contributed by atoms with Crippen molar-refractivity contribution in [2.75, 3.05) is 7.11 Å². The zero-order chi connectivity index (χ0) is 11.5. The first-order valence-corrected chi connectivity index (χ1v) is 4.73. The van der Waals surface area contributed by atoms with Gasteiger partial charge in [-0.15, -0.1) is 0 Å². The molecule has 0 fully saturated rings. The largest absolute Gasteiger partial charge is 0.495 e. The van der Waals surface area contributed by atoms with Crippen molar-refractivity contribution < 1.29 is 9.53 Å². The molecule has 2 aromatic heterocycles. The van der Waals surface area contributed by atoms with Crippen LogP contribution in [0.5, 0.6) is 5.75 Å². The highest BCUT2D eigenvalue weighted by atomic mass is 16.5. The number of rotatable bonds is 3. The number of hydrogen-bond donors (Lipinski definition) is 0. The van der Waals surface area contributed by atoms with Crippen molar-refractivity contribution >= 4 is 6.29 Å². The summed E-state index contributed by atoms with van der Waals surface area (Å²) in [6.07, 6.45) is 3.92. The Balaban J connectivity index is 2.49. The normalized spacial score (nSPS) is 10.1. The zero-order valence-corrected chi connectivity index (χ0v) is 9.04. The average Bonchev–Trinajstić information content (AvgIpc) is 2.70. The van der Waals surface area contributed by atoms with E-state index >= 15 is 0 Å². The molecular formula is C11H11N3O2. The Kier molecular flexibility index (Phi) is 2.68. The summed E-state index contributed by atoms with van der Waals surface area (Å²) in [4.78, 5) is 19.0. The third kappa shape index (κ3) is 1.67. The van der Waals surface area contributed by atoms with Crippen LogP contribution in [-0.2, 0) is 7.05 Å². The SMILES string of the molecule is COc1ccc(-c2c(C=O)ncn2C)nc1. The lowest BCUT2D eigenvalue weighted by Gasteiger charge is -2.03. The minimum Gasteiger partial charge on any atom is -0.495 e. The van der Waals surface area contributed by atoms with E-state index < -0.39 is 0 Å². The number of carbonyl (C=O) groups excluding carboxylic acids is 1. The second kappa shape index (κ2) is 4.14. The molecule has 0 aliphatic carbocycles. The summed E-state index contributed by atoms with van der Waals surface area (Å²) >= 11 is 0. The molecule has 0 radical (unpaired) electrons. The molecule has 0 spiro atoms. The summed E-state index contributed by atoms with van der Waals surface area (Å²) < 4.78 is 6.78. The van der Waals surface area contributed by atoms with Gasteiger partial charge in [0, 0.05) is 7.05 Å². The molecule has 2 heterocycles. The first-order chi connectivity index (χ1) is 7.76. The van der Waals surface area contributed by atoms with Gasteiger partial charge in [-0.05, 0) is 12.1 Å². The quantitative estimate of drug-likeness (QED) is 0.727. The Labute approximate surface area is 92.7 Å². The predicted octanol–water partition coefficient (Wildman–Crippen LogP) is 1.30. The number of carbonyl (C=O) groups is 1. The molecule has 2 aromatic rings. The molecule has 0 saturated carbocycles. The smallest absolute Gasteiger partial charge is 0.170 e. The van der Waals surface area contributed by atoms with E-state index in [0.717, 1.165) is 6.29 Å². The van der Waals surface area contributed by atoms with E-state index in [1.165, 1.54) is 0 Å². The van der Waals surface area contributed by atoms with Crippen molar-refractivity contribution in [1.29, 1.82) is 0 Å². The second-order valence-corrected chi connectivity index (χ2v) is 3.29. The first-order valence-electron chi connectivity index (χ1n) is 4.73. The van der Waals surface area contributed by atoms with E-state index in [-0.39, 0.29) is 0 Å². The van der Waals surface area contributed by atoms with Gasteiger partial charge in [0.25, 0.3) is 0 Å². The maximum Gasteiger partial charge on any atom is 0.170 e. The lowest BCUT2D eigenvalue weighted by molar-refractivity contribution is 0.112. The molecule has 0 unspecified atom stereocenters. The highest BCUT2D eigenvalue weighted by Gasteiger charge is 2.11. The molecule has 0 amide bonds. The van der Waals surface area contributed by atoms with Crippen molar-refractivity contribution in [2.45, 2.75) is 0 Å². The summed E-state index contributed by atoms with van der Waals surface area (Å²) in [6.45, 7) is 0. The number of methoxy groups -OCH3 is 1. The Morgan fingerprint density at radius 3 is 2.75 bits per heavy atom. The number of imidazole rings is 1. The Morgan fingerprint density at radius 2 is 2.19 bits per heavy atom. The van der Waals surface area contributed by atoms with E-state index in [1.807, 2.05) is 7.05 Å². The van der Waals surface area contributed by atoms with Crippen LogP contribution in [0.4, 0.5) is 0 Å². The van der Waals surface area contributed by atoms with Gasteiger partial charge in [-0.25, -0.2) is 4.98 Å². The number of aromatic nitrogens is 3. The third-order valence-corrected chi connectivity index (χ3v) is 2.29. The average molecular weight is 217 g/mol. The minimum absolute atomic E-state index is 0.389. The molecule has 82 valence electrons. The van der Waals surface area contributed by atoms with Crippen LogP contribution in [0, 0.1) is 0 Å². The maximum atomic E-state index is 10.8. The fourth-order valence-electron chi connectivity index (χ4n) is 1.49. The van der Waals surface area contributed by atoms with Gasteiger partial charge in [-0.3, -0.25) is 9.78 Å². The molecule has 0 aliphatic heterocycles. The van der Waals surface area contributed by atoms with Crippen molar-refractivity contribution in [3.8, 4) is 17.1 Å². The van der Waals surface area contributed by atoms with Gasteiger partial charge in [0.15, 0.2) is 6.29 Å². The van der Waals surface area contributed by atoms with Crippen LogP contribution in [0.2, 0.25) is 0 Å². The summed E-state index contributed by atoms with van der Waals surface area (Å²) in [5.74, 6) is 0.679. The molecule has 16 heavy (non-hydrogen) atoms. The monoisotopic (exact) mass is 217 g/mol. The highest BCUT2D eigenvalue weighted by molar-refractivity contribution is 5.82. The first kappa shape index (κ1) is 10.4. The van der Waals surface area contributed by atoms with Gasteiger partial charge < -0.3 is 9.30 Å². The summed E-state index contributed by atoms with van der Waals surface area (Å²) in [7, 11) is 3.40. The van der Waals surface area contributed by atoms with Crippen molar-refractivity contribution in [3.63, 3.8) is 0 Å². The van der Waals surface area contributed by atoms with Gasteiger partial charge in [-0.2, -0.15) is 0 Å². The number of nitrogens with zero attached hydrogens (tertiary/aromatic N) is 3. The maximum absolute atomic E-state index is 10.8. The number of aldehydes is 1. The van der Waals surface area contributed by atoms with Crippen LogP contribution in [0.1, 0.15) is 10.5 Å². The van der Waals surface area contributed by atoms with Crippen LogP contribution in [-0.4, -0.2) is 27.9 Å². The van der Waals surface area contributed by atoms with Crippen LogP contribution >= 0.6 is 0 Å². The number of pyridine rings is 1. The van der Waals surface area contributed by atoms with Gasteiger partial charge >= 0.3 is 0 Å². The molecule has 0 N–H and O–H groups in total. The highest BCUT2D eigenvalue weighted by Crippen LogP contribution is 2.21. The van der Waals surface area contributed by atoms with E-state index in [0.29, 0.717) is 22.8 Å². The zero-order valence-electron chi connectivity index (χ0n) is 9.04. The molecule has 0 aromatic carbocycles. The summed E-state index contributed by atoms with van der Waals surface area (Å²) in [6, 6.07) is 3.59. The number of ether oxygens (including phenoxy) is 1. The van der Waals surface area contributed by atoms with Crippen LogP contribution in [0.25, 0.3) is 11.4 Å².